The second kappa shape index (κ2) is 6.05. The molecule has 0 unspecified atom stereocenters. The largest absolute Gasteiger partial charge is 1.00 e. The van der Waals surface area contributed by atoms with Crippen molar-refractivity contribution < 1.29 is 32.9 Å². The molecule has 0 N–H and O–H groups in total. The SMILES string of the molecule is C=CCOS(=O)(=O)c1ccccc1.[H-].[Li+]. The molecule has 1 rings (SSSR count). The van der Waals surface area contributed by atoms with Crippen LogP contribution in [0.3, 0.4) is 0 Å². The molecule has 0 saturated carbocycles. The zero-order valence-electron chi connectivity index (χ0n) is 9.01. The van der Waals surface area contributed by atoms with Gasteiger partial charge in [-0.1, -0.05) is 24.3 Å². The van der Waals surface area contributed by atoms with Crippen LogP contribution >= 0.6 is 0 Å². The van der Waals surface area contributed by atoms with Crippen molar-refractivity contribution >= 4 is 10.1 Å². The van der Waals surface area contributed by atoms with Crippen LogP contribution in [-0.2, 0) is 14.3 Å². The summed E-state index contributed by atoms with van der Waals surface area (Å²) in [6, 6.07) is 8.00. The molecule has 0 spiro atoms. The van der Waals surface area contributed by atoms with Crippen LogP contribution in [0, 0.1) is 0 Å². The van der Waals surface area contributed by atoms with Crippen LogP contribution in [0.15, 0.2) is 47.9 Å². The molecule has 0 heterocycles. The number of benzene rings is 1. The predicted octanol–water partition coefficient (Wildman–Crippen LogP) is -1.31. The van der Waals surface area contributed by atoms with Crippen LogP contribution in [0.4, 0.5) is 0 Å². The maximum Gasteiger partial charge on any atom is 1.00 e. The van der Waals surface area contributed by atoms with E-state index in [1.807, 2.05) is 0 Å². The van der Waals surface area contributed by atoms with E-state index in [0.29, 0.717) is 0 Å². The van der Waals surface area contributed by atoms with Gasteiger partial charge in [-0.15, -0.1) is 6.58 Å². The molecule has 3 nitrogen and oxygen atoms in total. The van der Waals surface area contributed by atoms with Crippen molar-refractivity contribution in [3.8, 4) is 0 Å². The molecule has 0 fully saturated rings. The molecule has 0 saturated heterocycles. The molecule has 5 heteroatoms. The minimum Gasteiger partial charge on any atom is -1.00 e. The fraction of sp³-hybridized carbons (Fsp3) is 0.111. The molecule has 14 heavy (non-hydrogen) atoms. The Kier molecular flexibility index (Phi) is 5.82. The maximum atomic E-state index is 11.3. The summed E-state index contributed by atoms with van der Waals surface area (Å²) in [6.07, 6.45) is 1.39. The minimum absolute atomic E-state index is 0. The third-order valence-electron chi connectivity index (χ3n) is 1.37. The first-order valence-corrected chi connectivity index (χ1v) is 5.13. The van der Waals surface area contributed by atoms with E-state index in [9.17, 15) is 8.42 Å². The third-order valence-corrected chi connectivity index (χ3v) is 2.67. The molecule has 0 aromatic heterocycles. The average molecular weight is 206 g/mol. The van der Waals surface area contributed by atoms with Crippen molar-refractivity contribution in [2.45, 2.75) is 4.90 Å². The maximum absolute atomic E-state index is 11.3. The smallest absolute Gasteiger partial charge is 1.00 e. The Balaban J connectivity index is 0. The van der Waals surface area contributed by atoms with Gasteiger partial charge >= 0.3 is 18.9 Å². The van der Waals surface area contributed by atoms with Crippen molar-refractivity contribution in [2.24, 2.45) is 0 Å². The van der Waals surface area contributed by atoms with Gasteiger partial charge in [-0.05, 0) is 12.1 Å². The molecule has 0 atom stereocenters. The van der Waals surface area contributed by atoms with Crippen molar-refractivity contribution in [1.29, 1.82) is 0 Å². The fourth-order valence-corrected chi connectivity index (χ4v) is 1.69. The van der Waals surface area contributed by atoms with Crippen LogP contribution in [0.1, 0.15) is 1.43 Å². The topological polar surface area (TPSA) is 43.4 Å². The van der Waals surface area contributed by atoms with Gasteiger partial charge in [0.05, 0.1) is 11.5 Å². The Morgan fingerprint density at radius 2 is 1.93 bits per heavy atom. The van der Waals surface area contributed by atoms with Crippen LogP contribution in [0.5, 0.6) is 0 Å². The summed E-state index contributed by atoms with van der Waals surface area (Å²) in [7, 11) is -3.59. The first-order valence-electron chi connectivity index (χ1n) is 3.72. The summed E-state index contributed by atoms with van der Waals surface area (Å²) in [4.78, 5) is 0.164. The monoisotopic (exact) mass is 206 g/mol. The standard InChI is InChI=1S/C9H10O3S.Li.H/c1-2-8-12-13(10,11)9-6-4-3-5-7-9;;/h2-7H,1,8H2;;/q;+1;-1. The quantitative estimate of drug-likeness (QED) is 0.349. The Labute approximate surface area is 97.6 Å². The summed E-state index contributed by atoms with van der Waals surface area (Å²) in [5, 5.41) is 0. The van der Waals surface area contributed by atoms with E-state index in [4.69, 9.17) is 0 Å². The fourth-order valence-electron chi connectivity index (χ4n) is 0.793. The third kappa shape index (κ3) is 3.68. The minimum atomic E-state index is -3.59. The molecule has 1 aromatic rings. The Morgan fingerprint density at radius 1 is 1.36 bits per heavy atom. The summed E-state index contributed by atoms with van der Waals surface area (Å²) in [5.74, 6) is 0. The van der Waals surface area contributed by atoms with Gasteiger partial charge in [0.25, 0.3) is 10.1 Å². The van der Waals surface area contributed by atoms with Gasteiger partial charge in [0.1, 0.15) is 0 Å². The van der Waals surface area contributed by atoms with Gasteiger partial charge in [-0.3, -0.25) is 4.18 Å². The van der Waals surface area contributed by atoms with Crippen LogP contribution in [0.25, 0.3) is 0 Å². The van der Waals surface area contributed by atoms with E-state index in [1.54, 1.807) is 18.2 Å². The molecule has 0 aliphatic heterocycles. The summed E-state index contributed by atoms with van der Waals surface area (Å²) in [6.45, 7) is 3.37. The van der Waals surface area contributed by atoms with Crippen molar-refractivity contribution in [3.63, 3.8) is 0 Å². The van der Waals surface area contributed by atoms with E-state index in [2.05, 4.69) is 10.8 Å². The molecule has 72 valence electrons. The summed E-state index contributed by atoms with van der Waals surface area (Å²) in [5.41, 5.74) is 0. The van der Waals surface area contributed by atoms with E-state index in [0.717, 1.165) is 0 Å². The molecular formula is C9H11LiO3S. The van der Waals surface area contributed by atoms with Crippen LogP contribution < -0.4 is 18.9 Å². The molecule has 0 bridgehead atoms. The van der Waals surface area contributed by atoms with Crippen LogP contribution in [-0.4, -0.2) is 15.0 Å². The normalized spacial score (nSPS) is 10.3. The van der Waals surface area contributed by atoms with Gasteiger partial charge in [0.15, 0.2) is 0 Å². The van der Waals surface area contributed by atoms with Gasteiger partial charge in [0, 0.05) is 0 Å². The second-order valence-corrected chi connectivity index (χ2v) is 3.96. The van der Waals surface area contributed by atoms with Crippen molar-refractivity contribution in [1.82, 2.24) is 0 Å². The first kappa shape index (κ1) is 13.5. The van der Waals surface area contributed by atoms with Gasteiger partial charge < -0.3 is 1.43 Å². The van der Waals surface area contributed by atoms with E-state index < -0.39 is 10.1 Å². The molecule has 0 radical (unpaired) electrons. The molecular weight excluding hydrogens is 195 g/mol. The van der Waals surface area contributed by atoms with E-state index in [-0.39, 0.29) is 31.8 Å². The Morgan fingerprint density at radius 3 is 2.43 bits per heavy atom. The Hall–Kier alpha value is -0.533. The number of hydrogen-bond donors (Lipinski definition) is 0. The first-order chi connectivity index (χ1) is 6.17. The zero-order chi connectivity index (χ0) is 9.73. The van der Waals surface area contributed by atoms with Gasteiger partial charge in [-0.25, -0.2) is 0 Å². The zero-order valence-corrected chi connectivity index (χ0v) is 8.83. The van der Waals surface area contributed by atoms with E-state index in [1.165, 1.54) is 18.2 Å². The van der Waals surface area contributed by atoms with Crippen molar-refractivity contribution in [3.05, 3.63) is 43.0 Å². The molecule has 1 aromatic carbocycles. The Bertz CT molecular complexity index is 378. The second-order valence-electron chi connectivity index (χ2n) is 2.34. The van der Waals surface area contributed by atoms with Crippen LogP contribution in [0.2, 0.25) is 0 Å². The van der Waals surface area contributed by atoms with E-state index >= 15 is 0 Å². The average Bonchev–Trinajstić information content (AvgIpc) is 2.16. The van der Waals surface area contributed by atoms with Crippen molar-refractivity contribution in [2.75, 3.05) is 6.61 Å². The molecule has 0 aliphatic carbocycles. The summed E-state index contributed by atoms with van der Waals surface area (Å²) >= 11 is 0. The van der Waals surface area contributed by atoms with Gasteiger partial charge in [0.2, 0.25) is 0 Å². The number of rotatable bonds is 4. The number of hydrogen-bond acceptors (Lipinski definition) is 3. The summed E-state index contributed by atoms with van der Waals surface area (Å²) < 4.78 is 27.3. The molecule has 0 amide bonds. The predicted molar refractivity (Wildman–Crippen MR) is 50.9 cm³/mol. The van der Waals surface area contributed by atoms with Gasteiger partial charge in [-0.2, -0.15) is 8.42 Å². The molecule has 0 aliphatic rings.